The fourth-order valence-electron chi connectivity index (χ4n) is 2.77. The molecule has 0 aliphatic carbocycles. The highest BCUT2D eigenvalue weighted by Crippen LogP contribution is 2.17. The van der Waals surface area contributed by atoms with Gasteiger partial charge in [0.05, 0.1) is 5.54 Å². The summed E-state index contributed by atoms with van der Waals surface area (Å²) >= 11 is 0. The van der Waals surface area contributed by atoms with Crippen molar-refractivity contribution in [1.29, 1.82) is 0 Å². The molecule has 1 aromatic carbocycles. The van der Waals surface area contributed by atoms with Gasteiger partial charge >= 0.3 is 6.09 Å². The molecule has 0 fully saturated rings. The molecule has 4 N–H and O–H groups in total. The molecular formula is C21H33F2N3O3. The van der Waals surface area contributed by atoms with Crippen molar-refractivity contribution in [3.05, 3.63) is 35.4 Å². The molecule has 0 aliphatic heterocycles. The zero-order chi connectivity index (χ0) is 22.4. The van der Waals surface area contributed by atoms with E-state index in [4.69, 9.17) is 10.5 Å². The van der Waals surface area contributed by atoms with E-state index in [2.05, 4.69) is 10.6 Å². The molecule has 164 valence electrons. The highest BCUT2D eigenvalue weighted by Gasteiger charge is 2.33. The van der Waals surface area contributed by atoms with Crippen molar-refractivity contribution >= 4 is 12.0 Å². The lowest BCUT2D eigenvalue weighted by Gasteiger charge is -2.30. The van der Waals surface area contributed by atoms with Gasteiger partial charge in [0.15, 0.2) is 0 Å². The van der Waals surface area contributed by atoms with E-state index in [0.29, 0.717) is 12.1 Å². The van der Waals surface area contributed by atoms with Gasteiger partial charge in [-0.1, -0.05) is 13.8 Å². The van der Waals surface area contributed by atoms with E-state index in [1.165, 1.54) is 12.1 Å². The van der Waals surface area contributed by atoms with Crippen LogP contribution in [0.5, 0.6) is 0 Å². The largest absolute Gasteiger partial charge is 0.444 e. The molecule has 1 rings (SSSR count). The smallest absolute Gasteiger partial charge is 0.407 e. The Morgan fingerprint density at radius 3 is 2.14 bits per heavy atom. The maximum Gasteiger partial charge on any atom is 0.407 e. The van der Waals surface area contributed by atoms with Gasteiger partial charge in [-0.2, -0.15) is 0 Å². The van der Waals surface area contributed by atoms with Crippen molar-refractivity contribution < 1.29 is 23.1 Å². The number of halogens is 2. The second-order valence-electron chi connectivity index (χ2n) is 9.05. The van der Waals surface area contributed by atoms with Gasteiger partial charge in [0, 0.05) is 18.7 Å². The van der Waals surface area contributed by atoms with E-state index in [-0.39, 0.29) is 24.7 Å². The summed E-state index contributed by atoms with van der Waals surface area (Å²) in [4.78, 5) is 24.7. The molecule has 0 bridgehead atoms. The molecule has 2 atom stereocenters. The minimum atomic E-state index is -1.31. The normalized spacial score (nSPS) is 14.8. The topological polar surface area (TPSA) is 93.5 Å². The fourth-order valence-corrected chi connectivity index (χ4v) is 2.77. The van der Waals surface area contributed by atoms with Gasteiger partial charge in [-0.15, -0.1) is 0 Å². The van der Waals surface area contributed by atoms with Crippen molar-refractivity contribution in [3.8, 4) is 0 Å². The third-order valence-corrected chi connectivity index (χ3v) is 3.99. The lowest BCUT2D eigenvalue weighted by molar-refractivity contribution is -0.126. The molecule has 0 saturated heterocycles. The van der Waals surface area contributed by atoms with Gasteiger partial charge in [0.1, 0.15) is 17.2 Å². The Balaban J connectivity index is 2.99. The van der Waals surface area contributed by atoms with E-state index in [9.17, 15) is 18.4 Å². The quantitative estimate of drug-likeness (QED) is 0.610. The summed E-state index contributed by atoms with van der Waals surface area (Å²) in [7, 11) is 0. The first-order valence-electron chi connectivity index (χ1n) is 9.69. The monoisotopic (exact) mass is 413 g/mol. The van der Waals surface area contributed by atoms with Crippen molar-refractivity contribution in [3.63, 3.8) is 0 Å². The van der Waals surface area contributed by atoms with Crippen LogP contribution in [0.2, 0.25) is 0 Å². The Kier molecular flexibility index (Phi) is 8.56. The number of nitrogens with two attached hydrogens (primary N) is 1. The van der Waals surface area contributed by atoms with Crippen LogP contribution in [0.3, 0.4) is 0 Å². The molecule has 0 radical (unpaired) electrons. The van der Waals surface area contributed by atoms with Crippen LogP contribution in [0.25, 0.3) is 0 Å². The first-order valence-corrected chi connectivity index (χ1v) is 9.69. The SMILES string of the molecule is CC(C)CNC(=O)[C@](C)(N)C[C@H](Cc1cc(F)cc(F)c1)NC(=O)OC(C)(C)C. The Labute approximate surface area is 171 Å². The average Bonchev–Trinajstić information content (AvgIpc) is 2.48. The van der Waals surface area contributed by atoms with Crippen LogP contribution in [0.4, 0.5) is 13.6 Å². The van der Waals surface area contributed by atoms with Gasteiger partial charge in [0.2, 0.25) is 5.91 Å². The highest BCUT2D eigenvalue weighted by atomic mass is 19.1. The minimum absolute atomic E-state index is 0.0499. The summed E-state index contributed by atoms with van der Waals surface area (Å²) in [6, 6.07) is 2.46. The molecule has 6 nitrogen and oxygen atoms in total. The van der Waals surface area contributed by atoms with Gasteiger partial charge < -0.3 is 21.1 Å². The minimum Gasteiger partial charge on any atom is -0.444 e. The predicted octanol–water partition coefficient (Wildman–Crippen LogP) is 3.28. The average molecular weight is 414 g/mol. The predicted molar refractivity (Wildman–Crippen MR) is 108 cm³/mol. The van der Waals surface area contributed by atoms with Crippen LogP contribution in [-0.2, 0) is 16.0 Å². The van der Waals surface area contributed by atoms with Crippen LogP contribution >= 0.6 is 0 Å². The Hall–Kier alpha value is -2.22. The Morgan fingerprint density at radius 1 is 1.10 bits per heavy atom. The van der Waals surface area contributed by atoms with Crippen molar-refractivity contribution in [1.82, 2.24) is 10.6 Å². The fraction of sp³-hybridized carbons (Fsp3) is 0.619. The van der Waals surface area contributed by atoms with Gasteiger partial charge in [0.25, 0.3) is 0 Å². The summed E-state index contributed by atoms with van der Waals surface area (Å²) < 4.78 is 32.4. The molecule has 0 heterocycles. The van der Waals surface area contributed by atoms with E-state index in [1.807, 2.05) is 13.8 Å². The molecule has 1 aromatic rings. The standard InChI is InChI=1S/C21H33F2N3O3/c1-13(2)12-25-18(27)21(6,24)11-17(26-19(28)29-20(3,4)5)9-14-7-15(22)10-16(23)8-14/h7-8,10,13,17H,9,11-12,24H2,1-6H3,(H,25,27)(H,26,28)/t17-,21+/m0/s1. The molecule has 0 saturated carbocycles. The van der Waals surface area contributed by atoms with Gasteiger partial charge in [-0.05, 0) is 64.2 Å². The number of ether oxygens (including phenoxy) is 1. The van der Waals surface area contributed by atoms with Crippen LogP contribution in [-0.4, -0.2) is 35.7 Å². The number of amides is 2. The zero-order valence-electron chi connectivity index (χ0n) is 18.1. The van der Waals surface area contributed by atoms with Gasteiger partial charge in [-0.25, -0.2) is 13.6 Å². The lowest BCUT2D eigenvalue weighted by Crippen LogP contribution is -2.56. The van der Waals surface area contributed by atoms with Crippen molar-refractivity contribution in [2.75, 3.05) is 6.54 Å². The van der Waals surface area contributed by atoms with Gasteiger partial charge in [-0.3, -0.25) is 4.79 Å². The summed E-state index contributed by atoms with van der Waals surface area (Å²) in [6.07, 6.45) is -0.565. The number of carbonyl (C=O) groups is 2. The molecule has 0 aromatic heterocycles. The second-order valence-corrected chi connectivity index (χ2v) is 9.05. The zero-order valence-corrected chi connectivity index (χ0v) is 18.1. The second kappa shape index (κ2) is 10.0. The summed E-state index contributed by atoms with van der Waals surface area (Å²) in [5, 5.41) is 5.44. The summed E-state index contributed by atoms with van der Waals surface area (Å²) in [6.45, 7) is 11.1. The first-order chi connectivity index (χ1) is 13.2. The molecule has 0 unspecified atom stereocenters. The van der Waals surface area contributed by atoms with Crippen molar-refractivity contribution in [2.45, 2.75) is 71.6 Å². The lowest BCUT2D eigenvalue weighted by atomic mass is 9.89. The van der Waals surface area contributed by atoms with E-state index >= 15 is 0 Å². The van der Waals surface area contributed by atoms with Crippen molar-refractivity contribution in [2.24, 2.45) is 11.7 Å². The molecule has 0 spiro atoms. The Bertz CT molecular complexity index is 695. The number of rotatable bonds is 8. The molecule has 8 heteroatoms. The van der Waals surface area contributed by atoms with E-state index in [1.54, 1.807) is 27.7 Å². The maximum atomic E-state index is 13.6. The number of hydrogen-bond donors (Lipinski definition) is 3. The number of hydrogen-bond acceptors (Lipinski definition) is 4. The number of benzene rings is 1. The molecule has 29 heavy (non-hydrogen) atoms. The molecule has 0 aliphatic rings. The first kappa shape index (κ1) is 24.8. The van der Waals surface area contributed by atoms with E-state index in [0.717, 1.165) is 6.07 Å². The van der Waals surface area contributed by atoms with Crippen LogP contribution in [0, 0.1) is 17.6 Å². The Morgan fingerprint density at radius 2 is 1.66 bits per heavy atom. The number of carbonyl (C=O) groups excluding carboxylic acids is 2. The third kappa shape index (κ3) is 9.69. The number of nitrogens with one attached hydrogen (secondary N) is 2. The van der Waals surface area contributed by atoms with Crippen LogP contribution in [0.15, 0.2) is 18.2 Å². The third-order valence-electron chi connectivity index (χ3n) is 3.99. The highest BCUT2D eigenvalue weighted by molar-refractivity contribution is 5.85. The number of alkyl carbamates (subject to hydrolysis) is 1. The molecular weight excluding hydrogens is 380 g/mol. The summed E-state index contributed by atoms with van der Waals surface area (Å²) in [5.41, 5.74) is 4.52. The van der Waals surface area contributed by atoms with Crippen LogP contribution < -0.4 is 16.4 Å². The van der Waals surface area contributed by atoms with E-state index < -0.39 is 34.9 Å². The maximum absolute atomic E-state index is 13.6. The molecule has 2 amide bonds. The van der Waals surface area contributed by atoms with Crippen LogP contribution in [0.1, 0.15) is 53.5 Å². The summed E-state index contributed by atoms with van der Waals surface area (Å²) in [5.74, 6) is -1.56.